The number of piperidine rings is 1. The van der Waals surface area contributed by atoms with Crippen LogP contribution < -0.4 is 10.6 Å². The summed E-state index contributed by atoms with van der Waals surface area (Å²) < 4.78 is 0. The lowest BCUT2D eigenvalue weighted by Gasteiger charge is -2.34. The largest absolute Gasteiger partial charge is 0.357 e. The molecule has 2 N–H and O–H groups in total. The number of rotatable bonds is 4. The maximum absolute atomic E-state index is 12.8. The molecule has 3 rings (SSSR count). The summed E-state index contributed by atoms with van der Waals surface area (Å²) in [6.45, 7) is 2.66. The Morgan fingerprint density at radius 2 is 1.76 bits per heavy atom. The van der Waals surface area contributed by atoms with Gasteiger partial charge in [0.25, 0.3) is 5.91 Å². The number of benzene rings is 1. The van der Waals surface area contributed by atoms with Gasteiger partial charge < -0.3 is 15.5 Å². The zero-order chi connectivity index (χ0) is 18.0. The van der Waals surface area contributed by atoms with Gasteiger partial charge in [-0.2, -0.15) is 0 Å². The Balaban J connectivity index is 1.67. The van der Waals surface area contributed by atoms with Gasteiger partial charge in [0.15, 0.2) is 0 Å². The predicted octanol–water partition coefficient (Wildman–Crippen LogP) is 2.02. The van der Waals surface area contributed by atoms with Gasteiger partial charge in [0, 0.05) is 30.8 Å². The molecule has 134 valence electrons. The highest BCUT2D eigenvalue weighted by Gasteiger charge is 2.39. The first kappa shape index (κ1) is 17.5. The Morgan fingerprint density at radius 1 is 1.08 bits per heavy atom. The molecule has 1 aliphatic carbocycles. The van der Waals surface area contributed by atoms with E-state index in [1.54, 1.807) is 36.2 Å². The summed E-state index contributed by atoms with van der Waals surface area (Å²) >= 11 is 0. The molecular weight excluding hydrogens is 318 g/mol. The van der Waals surface area contributed by atoms with E-state index in [1.807, 2.05) is 0 Å². The number of carbonyl (C=O) groups is 3. The molecule has 0 spiro atoms. The third-order valence-electron chi connectivity index (χ3n) is 5.16. The summed E-state index contributed by atoms with van der Waals surface area (Å²) in [5, 5.41) is 5.53. The summed E-state index contributed by atoms with van der Waals surface area (Å²) in [7, 11) is 1.60. The average Bonchev–Trinajstić information content (AvgIpc) is 3.38. The molecule has 1 aromatic rings. The second kappa shape index (κ2) is 7.25. The van der Waals surface area contributed by atoms with E-state index in [9.17, 15) is 14.4 Å². The Labute approximate surface area is 148 Å². The van der Waals surface area contributed by atoms with Crippen molar-refractivity contribution in [1.29, 1.82) is 0 Å². The van der Waals surface area contributed by atoms with Gasteiger partial charge in [0.2, 0.25) is 11.8 Å². The van der Waals surface area contributed by atoms with Crippen LogP contribution in [0.2, 0.25) is 0 Å². The van der Waals surface area contributed by atoms with E-state index in [0.717, 1.165) is 19.3 Å². The van der Waals surface area contributed by atoms with Crippen LogP contribution in [-0.2, 0) is 9.59 Å². The summed E-state index contributed by atoms with van der Waals surface area (Å²) in [6, 6.07) is 6.52. The molecule has 0 unspecified atom stereocenters. The lowest BCUT2D eigenvalue weighted by Crippen LogP contribution is -2.51. The molecule has 1 aromatic carbocycles. The number of amides is 3. The fraction of sp³-hybridized carbons (Fsp3) is 0.526. The van der Waals surface area contributed by atoms with E-state index in [2.05, 4.69) is 17.6 Å². The number of carbonyl (C=O) groups excluding carboxylic acids is 3. The van der Waals surface area contributed by atoms with Crippen LogP contribution in [0, 0.1) is 11.8 Å². The summed E-state index contributed by atoms with van der Waals surface area (Å²) in [5.41, 5.74) is 1.23. The second-order valence-corrected chi connectivity index (χ2v) is 7.01. The van der Waals surface area contributed by atoms with Crippen LogP contribution in [0.15, 0.2) is 24.3 Å². The molecule has 1 saturated heterocycles. The first-order valence-electron chi connectivity index (χ1n) is 8.94. The second-order valence-electron chi connectivity index (χ2n) is 7.01. The van der Waals surface area contributed by atoms with E-state index >= 15 is 0 Å². The molecule has 2 aliphatic rings. The number of likely N-dealkylation sites (tertiary alicyclic amines) is 1. The summed E-state index contributed by atoms with van der Waals surface area (Å²) in [4.78, 5) is 38.4. The van der Waals surface area contributed by atoms with Gasteiger partial charge in [-0.3, -0.25) is 14.4 Å². The molecule has 1 heterocycles. The monoisotopic (exact) mass is 343 g/mol. The highest BCUT2D eigenvalue weighted by atomic mass is 16.2. The molecule has 0 aromatic heterocycles. The zero-order valence-corrected chi connectivity index (χ0v) is 14.7. The van der Waals surface area contributed by atoms with E-state index in [4.69, 9.17) is 0 Å². The van der Waals surface area contributed by atoms with Gasteiger partial charge in [-0.25, -0.2) is 0 Å². The Hall–Kier alpha value is -2.37. The molecule has 6 nitrogen and oxygen atoms in total. The van der Waals surface area contributed by atoms with Crippen molar-refractivity contribution in [3.8, 4) is 0 Å². The topological polar surface area (TPSA) is 78.5 Å². The lowest BCUT2D eigenvalue weighted by atomic mass is 10.00. The number of nitrogens with one attached hydrogen (secondary N) is 2. The smallest absolute Gasteiger partial charge is 0.254 e. The van der Waals surface area contributed by atoms with Crippen molar-refractivity contribution in [3.63, 3.8) is 0 Å². The maximum Gasteiger partial charge on any atom is 0.254 e. The minimum atomic E-state index is -0.401. The van der Waals surface area contributed by atoms with E-state index in [1.165, 1.54) is 0 Å². The van der Waals surface area contributed by atoms with E-state index in [-0.39, 0.29) is 23.6 Å². The molecule has 2 fully saturated rings. The number of hydrogen-bond acceptors (Lipinski definition) is 3. The van der Waals surface area contributed by atoms with Gasteiger partial charge in [0.1, 0.15) is 6.04 Å². The van der Waals surface area contributed by atoms with Crippen LogP contribution in [0.25, 0.3) is 0 Å². The molecule has 0 bridgehead atoms. The van der Waals surface area contributed by atoms with Crippen LogP contribution >= 0.6 is 0 Å². The Kier molecular flexibility index (Phi) is 5.06. The van der Waals surface area contributed by atoms with Crippen molar-refractivity contribution in [2.75, 3.05) is 18.9 Å². The van der Waals surface area contributed by atoms with Crippen LogP contribution in [0.5, 0.6) is 0 Å². The van der Waals surface area contributed by atoms with E-state index < -0.39 is 6.04 Å². The third kappa shape index (κ3) is 3.83. The van der Waals surface area contributed by atoms with Gasteiger partial charge in [-0.15, -0.1) is 0 Å². The highest BCUT2D eigenvalue weighted by Crippen LogP contribution is 2.38. The van der Waals surface area contributed by atoms with Crippen LogP contribution in [-0.4, -0.2) is 42.3 Å². The van der Waals surface area contributed by atoms with Crippen molar-refractivity contribution < 1.29 is 14.4 Å². The zero-order valence-electron chi connectivity index (χ0n) is 14.7. The molecule has 1 aliphatic heterocycles. The standard InChI is InChI=1S/C19H25N3O3/c1-12-11-15(12)17(23)21-14-8-6-13(7-9-14)19(25)22-10-4-3-5-16(22)18(24)20-2/h6-9,12,15-16H,3-5,10-11H2,1-2H3,(H,20,24)(H,21,23)/t12-,15+,16+/m1/s1. The number of nitrogens with zero attached hydrogens (tertiary/aromatic N) is 1. The maximum atomic E-state index is 12.8. The minimum absolute atomic E-state index is 0.0438. The first-order chi connectivity index (χ1) is 12.0. The van der Waals surface area contributed by atoms with Gasteiger partial charge in [-0.05, 0) is 55.9 Å². The number of hydrogen-bond donors (Lipinski definition) is 2. The van der Waals surface area contributed by atoms with Crippen LogP contribution in [0.1, 0.15) is 43.0 Å². The third-order valence-corrected chi connectivity index (χ3v) is 5.16. The molecule has 1 saturated carbocycles. The Bertz CT molecular complexity index is 671. The first-order valence-corrected chi connectivity index (χ1v) is 8.94. The average molecular weight is 343 g/mol. The quantitative estimate of drug-likeness (QED) is 0.878. The van der Waals surface area contributed by atoms with E-state index in [0.29, 0.717) is 30.1 Å². The molecule has 3 atom stereocenters. The molecule has 0 radical (unpaired) electrons. The van der Waals surface area contributed by atoms with Crippen molar-refractivity contribution in [1.82, 2.24) is 10.2 Å². The molecule has 3 amide bonds. The molecule has 25 heavy (non-hydrogen) atoms. The normalized spacial score (nSPS) is 25.2. The molecular formula is C19H25N3O3. The molecule has 6 heteroatoms. The van der Waals surface area contributed by atoms with Crippen molar-refractivity contribution in [2.45, 2.75) is 38.6 Å². The fourth-order valence-electron chi connectivity index (χ4n) is 3.40. The lowest BCUT2D eigenvalue weighted by molar-refractivity contribution is -0.126. The van der Waals surface area contributed by atoms with Crippen LogP contribution in [0.4, 0.5) is 5.69 Å². The van der Waals surface area contributed by atoms with Crippen LogP contribution in [0.3, 0.4) is 0 Å². The Morgan fingerprint density at radius 3 is 2.36 bits per heavy atom. The van der Waals surface area contributed by atoms with Gasteiger partial charge >= 0.3 is 0 Å². The van der Waals surface area contributed by atoms with Crippen molar-refractivity contribution in [2.24, 2.45) is 11.8 Å². The number of likely N-dealkylation sites (N-methyl/N-ethyl adjacent to an activating group) is 1. The predicted molar refractivity (Wildman–Crippen MR) is 95.1 cm³/mol. The van der Waals surface area contributed by atoms with Crippen molar-refractivity contribution in [3.05, 3.63) is 29.8 Å². The minimum Gasteiger partial charge on any atom is -0.357 e. The van der Waals surface area contributed by atoms with Crippen molar-refractivity contribution >= 4 is 23.4 Å². The van der Waals surface area contributed by atoms with Gasteiger partial charge in [0.05, 0.1) is 0 Å². The SMILES string of the molecule is CNC(=O)[C@@H]1CCCCN1C(=O)c1ccc(NC(=O)[C@H]2C[C@H]2C)cc1. The number of anilines is 1. The summed E-state index contributed by atoms with van der Waals surface area (Å²) in [5.74, 6) is 0.365. The fourth-order valence-corrected chi connectivity index (χ4v) is 3.40. The summed E-state index contributed by atoms with van der Waals surface area (Å²) in [6.07, 6.45) is 3.50. The van der Waals surface area contributed by atoms with Gasteiger partial charge in [-0.1, -0.05) is 6.92 Å². The highest BCUT2D eigenvalue weighted by molar-refractivity contribution is 5.99.